The first-order chi connectivity index (χ1) is 10.1. The summed E-state index contributed by atoms with van der Waals surface area (Å²) in [5.41, 5.74) is -0.164. The molecule has 1 unspecified atom stereocenters. The van der Waals surface area contributed by atoms with Crippen molar-refractivity contribution in [3.63, 3.8) is 0 Å². The highest BCUT2D eigenvalue weighted by molar-refractivity contribution is 6.35. The maximum Gasteiger partial charge on any atom is 0.281 e. The molecule has 0 radical (unpaired) electrons. The smallest absolute Gasteiger partial charge is 0.281 e. The normalized spacial score (nSPS) is 11.4. The summed E-state index contributed by atoms with van der Waals surface area (Å²) in [7, 11) is 0. The number of nitro groups is 1. The second kappa shape index (κ2) is 6.16. The number of ketones is 1. The van der Waals surface area contributed by atoms with Gasteiger partial charge < -0.3 is 0 Å². The zero-order valence-electron chi connectivity index (χ0n) is 10.7. The van der Waals surface area contributed by atoms with Gasteiger partial charge in [0.2, 0.25) is 0 Å². The van der Waals surface area contributed by atoms with Crippen LogP contribution >= 0.6 is 11.6 Å². The van der Waals surface area contributed by atoms with E-state index in [0.717, 1.165) is 0 Å². The van der Waals surface area contributed by atoms with Crippen LogP contribution in [0.1, 0.15) is 21.8 Å². The third-order valence-corrected chi connectivity index (χ3v) is 3.27. The van der Waals surface area contributed by atoms with Crippen molar-refractivity contribution in [2.75, 3.05) is 0 Å². The van der Waals surface area contributed by atoms with Crippen molar-refractivity contribution in [2.24, 2.45) is 0 Å². The van der Waals surface area contributed by atoms with Crippen LogP contribution in [0.25, 0.3) is 0 Å². The molecule has 2 aromatic rings. The Kier molecular flexibility index (Phi) is 4.31. The van der Waals surface area contributed by atoms with E-state index in [0.29, 0.717) is 5.56 Å². The largest absolute Gasteiger partial charge is 0.292 e. The topological polar surface area (TPSA) is 84.0 Å². The Morgan fingerprint density at radius 1 is 1.19 bits per heavy atom. The van der Waals surface area contributed by atoms with E-state index in [1.54, 1.807) is 30.3 Å². The van der Waals surface area contributed by atoms with Crippen molar-refractivity contribution < 1.29 is 9.72 Å². The van der Waals surface area contributed by atoms with Gasteiger partial charge in [-0.1, -0.05) is 48.0 Å². The van der Waals surface area contributed by atoms with Crippen molar-refractivity contribution in [2.45, 2.75) is 5.92 Å². The molecule has 0 aliphatic rings. The summed E-state index contributed by atoms with van der Waals surface area (Å²) in [4.78, 5) is 22.9. The Hall–Kier alpha value is -2.71. The Morgan fingerprint density at radius 3 is 2.43 bits per heavy atom. The molecule has 5 nitrogen and oxygen atoms in total. The lowest BCUT2D eigenvalue weighted by Gasteiger charge is -2.10. The number of hydrogen-bond donors (Lipinski definition) is 0. The minimum Gasteiger partial charge on any atom is -0.292 e. The minimum atomic E-state index is -1.13. The molecule has 0 saturated carbocycles. The van der Waals surface area contributed by atoms with Crippen LogP contribution < -0.4 is 0 Å². The molecule has 1 atom stereocenters. The summed E-state index contributed by atoms with van der Waals surface area (Å²) in [6.07, 6.45) is 0. The van der Waals surface area contributed by atoms with Crippen LogP contribution in [0.2, 0.25) is 5.02 Å². The Balaban J connectivity index is 2.54. The molecule has 0 heterocycles. The average molecular weight is 301 g/mol. The number of rotatable bonds is 4. The van der Waals surface area contributed by atoms with Crippen LogP contribution in [0.5, 0.6) is 0 Å². The van der Waals surface area contributed by atoms with Crippen molar-refractivity contribution in [1.29, 1.82) is 5.26 Å². The summed E-state index contributed by atoms with van der Waals surface area (Å²) in [6, 6.07) is 14.2. The highest BCUT2D eigenvalue weighted by Crippen LogP contribution is 2.31. The third-order valence-electron chi connectivity index (χ3n) is 2.96. The molecule has 21 heavy (non-hydrogen) atoms. The molecule has 104 valence electrons. The van der Waals surface area contributed by atoms with Crippen LogP contribution in [0, 0.1) is 21.4 Å². The lowest BCUT2D eigenvalue weighted by Crippen LogP contribution is -2.13. The first-order valence-electron chi connectivity index (χ1n) is 5.98. The van der Waals surface area contributed by atoms with Gasteiger partial charge in [0.15, 0.2) is 5.78 Å². The molecule has 0 spiro atoms. The first kappa shape index (κ1) is 14.7. The predicted molar refractivity (Wildman–Crippen MR) is 77.2 cm³/mol. The Bertz CT molecular complexity index is 738. The number of carbonyl (C=O) groups excluding carboxylic acids is 1. The number of carbonyl (C=O) groups is 1. The molecule has 0 aliphatic carbocycles. The van der Waals surface area contributed by atoms with E-state index in [2.05, 4.69) is 0 Å². The van der Waals surface area contributed by atoms with Gasteiger partial charge in [0.05, 0.1) is 16.0 Å². The van der Waals surface area contributed by atoms with Crippen LogP contribution in [0.3, 0.4) is 0 Å². The second-order valence-corrected chi connectivity index (χ2v) is 4.64. The summed E-state index contributed by atoms with van der Waals surface area (Å²) >= 11 is 5.92. The molecule has 0 N–H and O–H groups in total. The standard InChI is InChI=1S/C15H9ClN2O3/c16-12-7-4-8-13(18(20)21)14(12)15(19)11(9-17)10-5-2-1-3-6-10/h1-8,11H. The van der Waals surface area contributed by atoms with Gasteiger partial charge in [-0.3, -0.25) is 14.9 Å². The van der Waals surface area contributed by atoms with Gasteiger partial charge in [-0.25, -0.2) is 0 Å². The molecule has 0 fully saturated rings. The number of Topliss-reactive ketones (excluding diaryl/α,β-unsaturated/α-hetero) is 1. The second-order valence-electron chi connectivity index (χ2n) is 4.23. The molecular weight excluding hydrogens is 292 g/mol. The van der Waals surface area contributed by atoms with Crippen LogP contribution in [0.4, 0.5) is 5.69 Å². The van der Waals surface area contributed by atoms with E-state index in [-0.39, 0.29) is 10.6 Å². The quantitative estimate of drug-likeness (QED) is 0.489. The van der Waals surface area contributed by atoms with E-state index in [9.17, 15) is 20.2 Å². The van der Waals surface area contributed by atoms with Crippen molar-refractivity contribution >= 4 is 23.1 Å². The van der Waals surface area contributed by atoms with Crippen LogP contribution in [0.15, 0.2) is 48.5 Å². The van der Waals surface area contributed by atoms with Crippen molar-refractivity contribution in [1.82, 2.24) is 0 Å². The summed E-state index contributed by atoms with van der Waals surface area (Å²) in [6.45, 7) is 0. The zero-order valence-corrected chi connectivity index (χ0v) is 11.4. The number of halogens is 1. The number of nitrogens with zero attached hydrogens (tertiary/aromatic N) is 2. The van der Waals surface area contributed by atoms with E-state index < -0.39 is 22.3 Å². The molecule has 0 bridgehead atoms. The van der Waals surface area contributed by atoms with Crippen LogP contribution in [-0.2, 0) is 0 Å². The van der Waals surface area contributed by atoms with Crippen molar-refractivity contribution in [3.8, 4) is 6.07 Å². The molecule has 2 aromatic carbocycles. The Labute approximate surface area is 125 Å². The molecule has 2 rings (SSSR count). The lowest BCUT2D eigenvalue weighted by atomic mass is 9.91. The zero-order chi connectivity index (χ0) is 15.4. The fourth-order valence-corrected chi connectivity index (χ4v) is 2.25. The van der Waals surface area contributed by atoms with Gasteiger partial charge in [0.1, 0.15) is 11.5 Å². The fraction of sp³-hybridized carbons (Fsp3) is 0.0667. The highest BCUT2D eigenvalue weighted by atomic mass is 35.5. The minimum absolute atomic E-state index is 0.0367. The summed E-state index contributed by atoms with van der Waals surface area (Å²) in [5.74, 6) is -1.81. The molecular formula is C15H9ClN2O3. The summed E-state index contributed by atoms with van der Waals surface area (Å²) in [5, 5.41) is 20.2. The SMILES string of the molecule is N#CC(C(=O)c1c(Cl)cccc1[N+](=O)[O-])c1ccccc1. The van der Waals surface area contributed by atoms with Gasteiger partial charge >= 0.3 is 0 Å². The van der Waals surface area contributed by atoms with Gasteiger partial charge in [-0.05, 0) is 11.6 Å². The molecule has 0 saturated heterocycles. The van der Waals surface area contributed by atoms with Gasteiger partial charge in [0, 0.05) is 6.07 Å². The number of nitro benzene ring substituents is 1. The Morgan fingerprint density at radius 2 is 1.86 bits per heavy atom. The van der Waals surface area contributed by atoms with Crippen molar-refractivity contribution in [3.05, 3.63) is 74.8 Å². The molecule has 0 aromatic heterocycles. The first-order valence-corrected chi connectivity index (χ1v) is 6.35. The maximum atomic E-state index is 12.5. The fourth-order valence-electron chi connectivity index (χ4n) is 1.98. The summed E-state index contributed by atoms with van der Waals surface area (Å²) < 4.78 is 0. The molecule has 0 aliphatic heterocycles. The third kappa shape index (κ3) is 2.91. The van der Waals surface area contributed by atoms with E-state index in [4.69, 9.17) is 11.6 Å². The van der Waals surface area contributed by atoms with Gasteiger partial charge in [-0.15, -0.1) is 0 Å². The van der Waals surface area contributed by atoms with Gasteiger partial charge in [0.25, 0.3) is 5.69 Å². The van der Waals surface area contributed by atoms with E-state index in [1.807, 2.05) is 6.07 Å². The van der Waals surface area contributed by atoms with E-state index in [1.165, 1.54) is 18.2 Å². The average Bonchev–Trinajstić information content (AvgIpc) is 2.48. The number of benzene rings is 2. The van der Waals surface area contributed by atoms with E-state index >= 15 is 0 Å². The highest BCUT2D eigenvalue weighted by Gasteiger charge is 2.30. The number of hydrogen-bond acceptors (Lipinski definition) is 4. The molecule has 6 heteroatoms. The van der Waals surface area contributed by atoms with Gasteiger partial charge in [-0.2, -0.15) is 5.26 Å². The monoisotopic (exact) mass is 300 g/mol. The van der Waals surface area contributed by atoms with Crippen LogP contribution in [-0.4, -0.2) is 10.7 Å². The number of nitriles is 1. The lowest BCUT2D eigenvalue weighted by molar-refractivity contribution is -0.385. The maximum absolute atomic E-state index is 12.5. The molecule has 0 amide bonds. The predicted octanol–water partition coefficient (Wildman–Crippen LogP) is 3.74.